The van der Waals surface area contributed by atoms with Gasteiger partial charge in [-0.3, -0.25) is 4.79 Å². The molecule has 4 aliphatic rings. The van der Waals surface area contributed by atoms with Crippen molar-refractivity contribution < 1.29 is 31.9 Å². The first kappa shape index (κ1) is 40.0. The van der Waals surface area contributed by atoms with E-state index < -0.39 is 27.7 Å². The van der Waals surface area contributed by atoms with Crippen LogP contribution in [0.1, 0.15) is 84.5 Å². The Morgan fingerprint density at radius 2 is 1.72 bits per heavy atom. The zero-order valence-corrected chi connectivity index (χ0v) is 33.4. The molecule has 1 spiro atoms. The van der Waals surface area contributed by atoms with E-state index in [-0.39, 0.29) is 53.2 Å². The van der Waals surface area contributed by atoms with Crippen molar-refractivity contribution in [3.8, 4) is 11.6 Å². The Morgan fingerprint density at radius 3 is 2.39 bits per heavy atom. The maximum atomic E-state index is 14.4. The number of amides is 2. The number of nitrogens with zero attached hydrogens (tertiary/aromatic N) is 8. The molecule has 4 fully saturated rings. The van der Waals surface area contributed by atoms with Gasteiger partial charge in [-0.25, -0.2) is 14.2 Å². The Labute approximate surface area is 318 Å². The third-order valence-electron chi connectivity index (χ3n) is 10.8. The number of hydrogen-bond acceptors (Lipinski definition) is 11. The van der Waals surface area contributed by atoms with Crippen molar-refractivity contribution in [1.29, 1.82) is 0 Å². The van der Waals surface area contributed by atoms with Gasteiger partial charge in [-0.15, -0.1) is 10.2 Å². The van der Waals surface area contributed by atoms with Crippen molar-refractivity contribution in [3.63, 3.8) is 0 Å². The zero-order chi connectivity index (χ0) is 39.0. The van der Waals surface area contributed by atoms with E-state index in [1.807, 2.05) is 27.7 Å². The lowest BCUT2D eigenvalue weighted by Crippen LogP contribution is -2.62. The average Bonchev–Trinajstić information content (AvgIpc) is 3.74. The number of carbonyl (C=O) groups excluding carboxylic acids is 2. The van der Waals surface area contributed by atoms with E-state index in [9.17, 15) is 22.4 Å². The summed E-state index contributed by atoms with van der Waals surface area (Å²) in [5, 5.41) is 11.0. The number of benzene rings is 1. The first-order chi connectivity index (χ1) is 25.4. The van der Waals surface area contributed by atoms with Crippen LogP contribution in [0.5, 0.6) is 11.6 Å². The highest BCUT2D eigenvalue weighted by atomic mass is 32.2. The normalized spacial score (nSPS) is 22.5. The van der Waals surface area contributed by atoms with Crippen LogP contribution in [0.25, 0.3) is 0 Å². The van der Waals surface area contributed by atoms with Crippen molar-refractivity contribution in [3.05, 3.63) is 35.9 Å². The molecule has 0 radical (unpaired) electrons. The molecule has 298 valence electrons. The number of alkyl carbamates (subject to hydrolysis) is 1. The number of hydrogen-bond donors (Lipinski definition) is 1. The number of carbonyl (C=O) groups is 2. The molecular formula is C37H56FN9O6S. The summed E-state index contributed by atoms with van der Waals surface area (Å²) < 4.78 is 56.1. The molecule has 0 saturated carbocycles. The Balaban J connectivity index is 0.993. The Morgan fingerprint density at radius 1 is 1.02 bits per heavy atom. The molecule has 15 nitrogen and oxygen atoms in total. The fraction of sp³-hybridized carbons (Fsp3) is 0.703. The van der Waals surface area contributed by atoms with E-state index in [2.05, 4.69) is 30.3 Å². The van der Waals surface area contributed by atoms with Gasteiger partial charge in [0.15, 0.2) is 5.82 Å². The largest absolute Gasteiger partial charge is 0.444 e. The van der Waals surface area contributed by atoms with Crippen LogP contribution >= 0.6 is 0 Å². The Kier molecular flexibility index (Phi) is 11.7. The van der Waals surface area contributed by atoms with Crippen LogP contribution in [0.2, 0.25) is 0 Å². The molecule has 54 heavy (non-hydrogen) atoms. The summed E-state index contributed by atoms with van der Waals surface area (Å²) >= 11 is 0. The molecule has 4 aliphatic heterocycles. The van der Waals surface area contributed by atoms with Gasteiger partial charge < -0.3 is 29.5 Å². The van der Waals surface area contributed by atoms with E-state index in [1.165, 1.54) is 28.8 Å². The molecule has 1 N–H and O–H groups in total. The van der Waals surface area contributed by atoms with Crippen LogP contribution in [0, 0.1) is 17.2 Å². The summed E-state index contributed by atoms with van der Waals surface area (Å²) in [4.78, 5) is 36.6. The third-order valence-corrected chi connectivity index (χ3v) is 12.8. The summed E-state index contributed by atoms with van der Waals surface area (Å²) in [6, 6.07) is 3.44. The lowest BCUT2D eigenvalue weighted by atomic mass is 9.72. The second-order valence-corrected chi connectivity index (χ2v) is 18.8. The molecule has 2 atom stereocenters. The van der Waals surface area contributed by atoms with Crippen LogP contribution in [0.3, 0.4) is 0 Å². The standard InChI is InChI=1S/C37H56FN9O6S/c1-25(2)47(26(3)4)34(48)30-18-28(38)8-9-31(30)52-33-32(39-24-40-42-33)44-14-10-27(20-44)19-43-22-37(23-43)12-16-45(17-13-37)54(50,51)46-15-11-29(21-46)41-35(49)53-36(5,6)7/h8-9,18,24-27,29H,10-17,19-23H2,1-7H3,(H,41,49)/t27-,29+/m0/s1. The molecule has 2 amide bonds. The molecule has 6 rings (SSSR count). The zero-order valence-electron chi connectivity index (χ0n) is 32.6. The number of anilines is 1. The fourth-order valence-electron chi connectivity index (χ4n) is 8.38. The van der Waals surface area contributed by atoms with Gasteiger partial charge in [0.1, 0.15) is 23.5 Å². The molecule has 0 unspecified atom stereocenters. The maximum absolute atomic E-state index is 14.4. The quantitative estimate of drug-likeness (QED) is 0.351. The van der Waals surface area contributed by atoms with E-state index in [4.69, 9.17) is 9.47 Å². The Bertz CT molecular complexity index is 1770. The average molecular weight is 774 g/mol. The van der Waals surface area contributed by atoms with Crippen molar-refractivity contribution >= 4 is 28.0 Å². The predicted molar refractivity (Wildman–Crippen MR) is 201 cm³/mol. The highest BCUT2D eigenvalue weighted by Crippen LogP contribution is 2.42. The number of aromatic nitrogens is 3. The second-order valence-electron chi connectivity index (χ2n) is 16.9. The van der Waals surface area contributed by atoms with Gasteiger partial charge in [-0.2, -0.15) is 17.0 Å². The van der Waals surface area contributed by atoms with E-state index in [0.29, 0.717) is 37.8 Å². The van der Waals surface area contributed by atoms with Gasteiger partial charge >= 0.3 is 6.09 Å². The van der Waals surface area contributed by atoms with Gasteiger partial charge in [0.2, 0.25) is 0 Å². The van der Waals surface area contributed by atoms with Gasteiger partial charge in [0.25, 0.3) is 22.0 Å². The summed E-state index contributed by atoms with van der Waals surface area (Å²) in [5.41, 5.74) is -0.382. The first-order valence-electron chi connectivity index (χ1n) is 19.1. The van der Waals surface area contributed by atoms with Crippen molar-refractivity contribution in [2.75, 3.05) is 63.8 Å². The highest BCUT2D eigenvalue weighted by Gasteiger charge is 2.48. The molecule has 2 aromatic rings. The monoisotopic (exact) mass is 773 g/mol. The lowest BCUT2D eigenvalue weighted by Gasteiger charge is -2.54. The summed E-state index contributed by atoms with van der Waals surface area (Å²) in [7, 11) is -3.61. The smallest absolute Gasteiger partial charge is 0.407 e. The van der Waals surface area contributed by atoms with Crippen LogP contribution in [0.15, 0.2) is 24.5 Å². The minimum atomic E-state index is -3.61. The van der Waals surface area contributed by atoms with Crippen LogP contribution in [-0.2, 0) is 14.9 Å². The SMILES string of the molecule is CC(C)N(C(=O)c1cc(F)ccc1Oc1nncnc1N1CC[C@@H](CN2CC3(CCN(S(=O)(=O)N4CC[C@@H](NC(=O)OC(C)(C)C)C4)CC3)C2)C1)C(C)C. The molecule has 5 heterocycles. The molecule has 1 aromatic heterocycles. The minimum Gasteiger partial charge on any atom is -0.444 e. The summed E-state index contributed by atoms with van der Waals surface area (Å²) in [6.07, 6.45) is 4.00. The van der Waals surface area contributed by atoms with Gasteiger partial charge in [-0.05, 0) is 104 Å². The van der Waals surface area contributed by atoms with Gasteiger partial charge in [0, 0.05) is 77.0 Å². The first-order valence-corrected chi connectivity index (χ1v) is 20.5. The summed E-state index contributed by atoms with van der Waals surface area (Å²) in [6.45, 7) is 19.0. The molecular weight excluding hydrogens is 718 g/mol. The van der Waals surface area contributed by atoms with Crippen molar-refractivity contribution in [2.24, 2.45) is 11.3 Å². The molecule has 1 aromatic carbocycles. The van der Waals surface area contributed by atoms with Crippen LogP contribution in [0.4, 0.5) is 15.0 Å². The predicted octanol–water partition coefficient (Wildman–Crippen LogP) is 4.13. The number of likely N-dealkylation sites (tertiary alicyclic amines) is 1. The Hall–Kier alpha value is -3.67. The highest BCUT2D eigenvalue weighted by molar-refractivity contribution is 7.86. The number of nitrogens with one attached hydrogen (secondary N) is 1. The van der Waals surface area contributed by atoms with Crippen molar-refractivity contribution in [2.45, 2.75) is 97.9 Å². The lowest BCUT2D eigenvalue weighted by molar-refractivity contribution is -0.0412. The van der Waals surface area contributed by atoms with E-state index in [1.54, 1.807) is 30.0 Å². The van der Waals surface area contributed by atoms with Crippen LogP contribution < -0.4 is 15.0 Å². The number of rotatable bonds is 11. The number of ether oxygens (including phenoxy) is 2. The van der Waals surface area contributed by atoms with Crippen molar-refractivity contribution in [1.82, 2.24) is 38.9 Å². The molecule has 0 aliphatic carbocycles. The molecule has 0 bridgehead atoms. The van der Waals surface area contributed by atoms with Gasteiger partial charge in [-0.1, -0.05) is 0 Å². The topological polar surface area (TPSA) is 154 Å². The molecule has 4 saturated heterocycles. The third kappa shape index (κ3) is 9.06. The molecule has 17 heteroatoms. The van der Waals surface area contributed by atoms with Crippen LogP contribution in [-0.4, -0.2) is 137 Å². The van der Waals surface area contributed by atoms with E-state index in [0.717, 1.165) is 52.0 Å². The number of piperidine rings is 1. The van der Waals surface area contributed by atoms with E-state index >= 15 is 0 Å². The minimum absolute atomic E-state index is 0.0973. The maximum Gasteiger partial charge on any atom is 0.407 e. The number of halogens is 1. The summed E-state index contributed by atoms with van der Waals surface area (Å²) in [5.74, 6) is 0.398. The van der Waals surface area contributed by atoms with Gasteiger partial charge in [0.05, 0.1) is 5.56 Å². The fourth-order valence-corrected chi connectivity index (χ4v) is 10.1. The second kappa shape index (κ2) is 15.8.